The van der Waals surface area contributed by atoms with Crippen LogP contribution in [0, 0.1) is 23.7 Å². The lowest BCUT2D eigenvalue weighted by molar-refractivity contribution is -0.118. The molecule has 33 heavy (non-hydrogen) atoms. The number of nitriles is 1. The molecule has 3 N–H and O–H groups in total. The number of rotatable bonds is 3. The van der Waals surface area contributed by atoms with Gasteiger partial charge in [0.05, 0.1) is 23.3 Å². The zero-order valence-electron chi connectivity index (χ0n) is 18.8. The van der Waals surface area contributed by atoms with E-state index in [1.165, 1.54) is 5.01 Å². The fourth-order valence-corrected chi connectivity index (χ4v) is 4.62. The molecule has 4 rings (SSSR count). The molecule has 0 saturated carbocycles. The van der Waals surface area contributed by atoms with Crippen molar-refractivity contribution in [1.82, 2.24) is 10.4 Å². The van der Waals surface area contributed by atoms with E-state index in [2.05, 4.69) is 11.5 Å². The van der Waals surface area contributed by atoms with E-state index in [-0.39, 0.29) is 28.5 Å². The van der Waals surface area contributed by atoms with E-state index in [1.807, 2.05) is 32.9 Å². The third-order valence-electron chi connectivity index (χ3n) is 6.11. The first-order chi connectivity index (χ1) is 15.6. The topological polar surface area (TPSA) is 99.2 Å². The van der Waals surface area contributed by atoms with Gasteiger partial charge in [-0.25, -0.2) is 5.01 Å². The van der Waals surface area contributed by atoms with Crippen LogP contribution in [-0.4, -0.2) is 16.7 Å². The van der Waals surface area contributed by atoms with Gasteiger partial charge in [0.15, 0.2) is 5.78 Å². The molecule has 1 heterocycles. The lowest BCUT2D eigenvalue weighted by atomic mass is 9.69. The minimum absolute atomic E-state index is 0.0592. The van der Waals surface area contributed by atoms with Crippen molar-refractivity contribution in [2.24, 2.45) is 11.1 Å². The summed E-state index contributed by atoms with van der Waals surface area (Å²) in [6.07, 6.45) is 0.861. The van der Waals surface area contributed by atoms with Gasteiger partial charge >= 0.3 is 0 Å². The highest BCUT2D eigenvalue weighted by Gasteiger charge is 2.44. The standard InChI is InChI=1S/C26H25ClN4O2/c1-15-4-6-17(7-5-15)25(33)30-31-20-12-26(2,3)13-21(32)23(20)22(19(14-28)24(31)29)16-8-10-18(27)11-9-16/h4-11,22H,12-13,29H2,1-3H3,(H,30,33). The van der Waals surface area contributed by atoms with Crippen LogP contribution < -0.4 is 11.2 Å². The molecule has 0 aromatic heterocycles. The highest BCUT2D eigenvalue weighted by atomic mass is 35.5. The number of carbonyl (C=O) groups excluding carboxylic acids is 2. The molecule has 6 nitrogen and oxygen atoms in total. The van der Waals surface area contributed by atoms with Gasteiger partial charge in [-0.15, -0.1) is 0 Å². The number of nitrogens with one attached hydrogen (secondary N) is 1. The van der Waals surface area contributed by atoms with Crippen LogP contribution in [0.5, 0.6) is 0 Å². The van der Waals surface area contributed by atoms with Crippen LogP contribution in [0.2, 0.25) is 5.02 Å². The van der Waals surface area contributed by atoms with Crippen molar-refractivity contribution in [3.63, 3.8) is 0 Å². The summed E-state index contributed by atoms with van der Waals surface area (Å²) in [6.45, 7) is 5.95. The summed E-state index contributed by atoms with van der Waals surface area (Å²) in [5.41, 5.74) is 12.6. The number of hydrogen-bond acceptors (Lipinski definition) is 5. The normalized spacial score (nSPS) is 19.8. The summed E-state index contributed by atoms with van der Waals surface area (Å²) in [7, 11) is 0. The van der Waals surface area contributed by atoms with E-state index in [0.29, 0.717) is 34.7 Å². The lowest BCUT2D eigenvalue weighted by Gasteiger charge is -2.43. The van der Waals surface area contributed by atoms with Crippen molar-refractivity contribution in [3.8, 4) is 6.07 Å². The van der Waals surface area contributed by atoms with Crippen LogP contribution in [0.15, 0.2) is 71.2 Å². The van der Waals surface area contributed by atoms with Gasteiger partial charge in [-0.2, -0.15) is 5.26 Å². The summed E-state index contributed by atoms with van der Waals surface area (Å²) in [6, 6.07) is 16.4. The summed E-state index contributed by atoms with van der Waals surface area (Å²) >= 11 is 6.07. The zero-order chi connectivity index (χ0) is 23.9. The molecule has 1 aliphatic heterocycles. The Balaban J connectivity index is 1.84. The molecule has 1 amide bonds. The molecule has 7 heteroatoms. The summed E-state index contributed by atoms with van der Waals surface area (Å²) in [4.78, 5) is 26.4. The van der Waals surface area contributed by atoms with Gasteiger partial charge in [-0.05, 0) is 48.6 Å². The van der Waals surface area contributed by atoms with Gasteiger partial charge in [-0.3, -0.25) is 15.0 Å². The first-order valence-electron chi connectivity index (χ1n) is 10.7. The fraction of sp³-hybridized carbons (Fsp3) is 0.269. The second kappa shape index (κ2) is 8.42. The number of aryl methyl sites for hydroxylation is 1. The highest BCUT2D eigenvalue weighted by Crippen LogP contribution is 2.48. The Morgan fingerprint density at radius 1 is 1.15 bits per heavy atom. The largest absolute Gasteiger partial charge is 0.383 e. The molecule has 0 bridgehead atoms. The van der Waals surface area contributed by atoms with E-state index in [9.17, 15) is 14.9 Å². The van der Waals surface area contributed by atoms with Crippen LogP contribution in [0.3, 0.4) is 0 Å². The average Bonchev–Trinajstić information content (AvgIpc) is 2.75. The molecule has 0 fully saturated rings. The number of nitrogens with two attached hydrogens (primary N) is 1. The number of amides is 1. The Kier molecular flexibility index (Phi) is 5.77. The molecule has 0 radical (unpaired) electrons. The van der Waals surface area contributed by atoms with Gasteiger partial charge < -0.3 is 5.73 Å². The number of hydrazine groups is 1. The molecular formula is C26H25ClN4O2. The van der Waals surface area contributed by atoms with Gasteiger partial charge in [0.25, 0.3) is 5.91 Å². The van der Waals surface area contributed by atoms with Crippen molar-refractivity contribution in [2.75, 3.05) is 0 Å². The Hall–Kier alpha value is -3.56. The third-order valence-corrected chi connectivity index (χ3v) is 6.36. The van der Waals surface area contributed by atoms with Crippen molar-refractivity contribution in [3.05, 3.63) is 92.9 Å². The van der Waals surface area contributed by atoms with Gasteiger partial charge in [0.1, 0.15) is 5.82 Å². The van der Waals surface area contributed by atoms with Crippen LogP contribution in [-0.2, 0) is 4.79 Å². The van der Waals surface area contributed by atoms with Crippen molar-refractivity contribution in [1.29, 1.82) is 5.26 Å². The first kappa shape index (κ1) is 22.6. The number of ketones is 1. The second-order valence-corrected chi connectivity index (χ2v) is 9.78. The number of allylic oxidation sites excluding steroid dienone is 3. The number of carbonyl (C=O) groups is 2. The number of benzene rings is 2. The maximum atomic E-state index is 13.4. The van der Waals surface area contributed by atoms with Gasteiger partial charge in [0, 0.05) is 22.6 Å². The minimum Gasteiger partial charge on any atom is -0.383 e. The summed E-state index contributed by atoms with van der Waals surface area (Å²) < 4.78 is 0. The third kappa shape index (κ3) is 4.24. The van der Waals surface area contributed by atoms with E-state index < -0.39 is 5.92 Å². The minimum atomic E-state index is -0.613. The molecule has 0 saturated heterocycles. The first-order valence-corrected chi connectivity index (χ1v) is 11.1. The Labute approximate surface area is 198 Å². The van der Waals surface area contributed by atoms with Crippen molar-refractivity contribution < 1.29 is 9.59 Å². The van der Waals surface area contributed by atoms with E-state index in [0.717, 1.165) is 11.1 Å². The zero-order valence-corrected chi connectivity index (χ0v) is 19.5. The Morgan fingerprint density at radius 3 is 2.39 bits per heavy atom. The van der Waals surface area contributed by atoms with Crippen molar-refractivity contribution >= 4 is 23.3 Å². The molecule has 0 spiro atoms. The highest BCUT2D eigenvalue weighted by molar-refractivity contribution is 6.30. The molecule has 168 valence electrons. The smallest absolute Gasteiger partial charge is 0.270 e. The Bertz CT molecular complexity index is 1230. The number of halogens is 1. The van der Waals surface area contributed by atoms with E-state index in [1.54, 1.807) is 36.4 Å². The maximum Gasteiger partial charge on any atom is 0.270 e. The molecule has 1 unspecified atom stereocenters. The fourth-order valence-electron chi connectivity index (χ4n) is 4.50. The summed E-state index contributed by atoms with van der Waals surface area (Å²) in [5, 5.41) is 12.0. The predicted molar refractivity (Wildman–Crippen MR) is 127 cm³/mol. The molecule has 2 aromatic rings. The quantitative estimate of drug-likeness (QED) is 0.689. The van der Waals surface area contributed by atoms with Crippen LogP contribution >= 0.6 is 11.6 Å². The SMILES string of the molecule is Cc1ccc(C(=O)NN2C(N)=C(C#N)C(c3ccc(Cl)cc3)C3=C2CC(C)(C)CC3=O)cc1. The molecule has 2 aromatic carbocycles. The number of hydrogen-bond donors (Lipinski definition) is 2. The molecule has 2 aliphatic rings. The Morgan fingerprint density at radius 2 is 1.79 bits per heavy atom. The van der Waals surface area contributed by atoms with Crippen molar-refractivity contribution in [2.45, 2.75) is 39.5 Å². The molecular weight excluding hydrogens is 436 g/mol. The number of Topliss-reactive ketones (excluding diaryl/α,β-unsaturated/α-hetero) is 1. The molecule has 1 atom stereocenters. The van der Waals surface area contributed by atoms with Crippen LogP contribution in [0.4, 0.5) is 0 Å². The van der Waals surface area contributed by atoms with Crippen LogP contribution in [0.25, 0.3) is 0 Å². The van der Waals surface area contributed by atoms with E-state index >= 15 is 0 Å². The maximum absolute atomic E-state index is 13.4. The molecule has 1 aliphatic carbocycles. The van der Waals surface area contributed by atoms with Gasteiger partial charge in [0.2, 0.25) is 0 Å². The lowest BCUT2D eigenvalue weighted by Crippen LogP contribution is -2.49. The average molecular weight is 461 g/mol. The van der Waals surface area contributed by atoms with E-state index in [4.69, 9.17) is 17.3 Å². The number of nitrogens with zero attached hydrogens (tertiary/aromatic N) is 2. The predicted octanol–water partition coefficient (Wildman–Crippen LogP) is 4.73. The second-order valence-electron chi connectivity index (χ2n) is 9.34. The van der Waals surface area contributed by atoms with Gasteiger partial charge in [-0.1, -0.05) is 55.3 Å². The monoisotopic (exact) mass is 460 g/mol. The summed E-state index contributed by atoms with van der Waals surface area (Å²) in [5.74, 6) is -0.931. The van der Waals surface area contributed by atoms with Crippen LogP contribution in [0.1, 0.15) is 54.1 Å².